The molecule has 0 aliphatic heterocycles. The SMILES string of the molecule is CC(C)N(N)C(=O)CP(=O)(c1ccccc1)c1ccccc1. The molecule has 0 atom stereocenters. The lowest BCUT2D eigenvalue weighted by molar-refractivity contribution is -0.130. The van der Waals surface area contributed by atoms with Crippen molar-refractivity contribution in [1.29, 1.82) is 0 Å². The lowest BCUT2D eigenvalue weighted by Crippen LogP contribution is -2.45. The molecule has 5 heteroatoms. The lowest BCUT2D eigenvalue weighted by atomic mass is 10.4. The predicted octanol–water partition coefficient (Wildman–Crippen LogP) is 2.11. The van der Waals surface area contributed by atoms with Crippen molar-refractivity contribution in [3.63, 3.8) is 0 Å². The van der Waals surface area contributed by atoms with Gasteiger partial charge in [-0.2, -0.15) is 0 Å². The fraction of sp³-hybridized carbons (Fsp3) is 0.235. The number of hydrogen-bond donors (Lipinski definition) is 1. The van der Waals surface area contributed by atoms with Crippen LogP contribution in [0.4, 0.5) is 0 Å². The van der Waals surface area contributed by atoms with E-state index in [0.717, 1.165) is 5.01 Å². The number of carbonyl (C=O) groups excluding carboxylic acids is 1. The number of nitrogens with zero attached hydrogens (tertiary/aromatic N) is 1. The summed E-state index contributed by atoms with van der Waals surface area (Å²) in [7, 11) is -3.04. The third kappa shape index (κ3) is 3.46. The van der Waals surface area contributed by atoms with Crippen LogP contribution in [0, 0.1) is 0 Å². The average molecular weight is 316 g/mol. The lowest BCUT2D eigenvalue weighted by Gasteiger charge is -2.25. The van der Waals surface area contributed by atoms with E-state index in [1.165, 1.54) is 0 Å². The number of amides is 1. The Morgan fingerprint density at radius 2 is 1.41 bits per heavy atom. The first kappa shape index (κ1) is 16.5. The molecule has 2 aromatic carbocycles. The van der Waals surface area contributed by atoms with Crippen molar-refractivity contribution >= 4 is 23.7 Å². The summed E-state index contributed by atoms with van der Waals surface area (Å²) in [4.78, 5) is 12.4. The maximum atomic E-state index is 13.7. The molecule has 2 rings (SSSR count). The van der Waals surface area contributed by atoms with Crippen molar-refractivity contribution < 1.29 is 9.36 Å². The van der Waals surface area contributed by atoms with Gasteiger partial charge in [0.2, 0.25) is 5.91 Å². The smallest absolute Gasteiger partial charge is 0.244 e. The van der Waals surface area contributed by atoms with Crippen molar-refractivity contribution in [2.75, 3.05) is 6.16 Å². The number of rotatable bonds is 5. The van der Waals surface area contributed by atoms with Crippen molar-refractivity contribution in [3.05, 3.63) is 60.7 Å². The molecule has 2 aromatic rings. The Labute approximate surface area is 131 Å². The molecule has 0 saturated carbocycles. The summed E-state index contributed by atoms with van der Waals surface area (Å²) in [5.41, 5.74) is 0. The van der Waals surface area contributed by atoms with Crippen LogP contribution in [-0.2, 0) is 9.36 Å². The molecule has 1 amide bonds. The van der Waals surface area contributed by atoms with Crippen LogP contribution in [-0.4, -0.2) is 23.1 Å². The summed E-state index contributed by atoms with van der Waals surface area (Å²) in [6.07, 6.45) is -0.101. The van der Waals surface area contributed by atoms with E-state index in [1.807, 2.05) is 50.2 Å². The maximum Gasteiger partial charge on any atom is 0.244 e. The zero-order valence-electron chi connectivity index (χ0n) is 12.8. The highest BCUT2D eigenvalue weighted by Crippen LogP contribution is 2.43. The third-order valence-electron chi connectivity index (χ3n) is 3.55. The van der Waals surface area contributed by atoms with Crippen molar-refractivity contribution in [3.8, 4) is 0 Å². The Morgan fingerprint density at radius 1 is 1.00 bits per heavy atom. The Balaban J connectivity index is 2.44. The molecule has 0 unspecified atom stereocenters. The summed E-state index contributed by atoms with van der Waals surface area (Å²) in [5.74, 6) is 5.47. The molecule has 22 heavy (non-hydrogen) atoms. The van der Waals surface area contributed by atoms with Gasteiger partial charge in [0.05, 0.1) is 6.16 Å². The second-order valence-corrected chi connectivity index (χ2v) is 8.29. The van der Waals surface area contributed by atoms with E-state index in [4.69, 9.17) is 5.84 Å². The molecule has 0 aliphatic rings. The van der Waals surface area contributed by atoms with Gasteiger partial charge in [-0.1, -0.05) is 60.7 Å². The van der Waals surface area contributed by atoms with Crippen LogP contribution < -0.4 is 16.5 Å². The van der Waals surface area contributed by atoms with Gasteiger partial charge < -0.3 is 4.57 Å². The van der Waals surface area contributed by atoms with Gasteiger partial charge in [-0.3, -0.25) is 9.80 Å². The molecule has 2 N–H and O–H groups in total. The second kappa shape index (κ2) is 6.91. The molecule has 0 fully saturated rings. The minimum Gasteiger partial charge on any atom is -0.313 e. The van der Waals surface area contributed by atoms with Gasteiger partial charge in [0.25, 0.3) is 0 Å². The van der Waals surface area contributed by atoms with Crippen LogP contribution in [0.5, 0.6) is 0 Å². The molecule has 0 spiro atoms. The Morgan fingerprint density at radius 3 is 1.77 bits per heavy atom. The zero-order chi connectivity index (χ0) is 16.2. The minimum absolute atomic E-state index is 0.101. The first-order valence-electron chi connectivity index (χ1n) is 7.22. The van der Waals surface area contributed by atoms with Crippen LogP contribution in [0.15, 0.2) is 60.7 Å². The van der Waals surface area contributed by atoms with Crippen LogP contribution >= 0.6 is 7.14 Å². The minimum atomic E-state index is -3.04. The zero-order valence-corrected chi connectivity index (χ0v) is 13.7. The third-order valence-corrected chi connectivity index (χ3v) is 6.53. The van der Waals surface area contributed by atoms with Crippen molar-refractivity contribution in [2.24, 2.45) is 5.84 Å². The van der Waals surface area contributed by atoms with Crippen LogP contribution in [0.25, 0.3) is 0 Å². The molecule has 0 aliphatic carbocycles. The molecule has 0 aromatic heterocycles. The number of carbonyl (C=O) groups is 1. The van der Waals surface area contributed by atoms with Gasteiger partial charge in [-0.05, 0) is 13.8 Å². The first-order chi connectivity index (χ1) is 10.4. The van der Waals surface area contributed by atoms with E-state index >= 15 is 0 Å². The fourth-order valence-corrected chi connectivity index (χ4v) is 4.74. The average Bonchev–Trinajstić information content (AvgIpc) is 2.55. The molecule has 0 bridgehead atoms. The number of nitrogens with two attached hydrogens (primary N) is 1. The number of hydrogen-bond acceptors (Lipinski definition) is 3. The van der Waals surface area contributed by atoms with E-state index in [1.54, 1.807) is 24.3 Å². The molecule has 0 heterocycles. The van der Waals surface area contributed by atoms with E-state index in [9.17, 15) is 9.36 Å². The van der Waals surface area contributed by atoms with Crippen LogP contribution in [0.2, 0.25) is 0 Å². The standard InChI is InChI=1S/C17H21N2O2P/c1-14(2)19(18)17(20)13-22(21,15-9-5-3-6-10-15)16-11-7-4-8-12-16/h3-12,14H,13,18H2,1-2H3. The van der Waals surface area contributed by atoms with Gasteiger partial charge in [-0.25, -0.2) is 5.84 Å². The molecular weight excluding hydrogens is 295 g/mol. The predicted molar refractivity (Wildman–Crippen MR) is 90.8 cm³/mol. The topological polar surface area (TPSA) is 63.4 Å². The van der Waals surface area contributed by atoms with Crippen molar-refractivity contribution in [1.82, 2.24) is 5.01 Å². The van der Waals surface area contributed by atoms with Gasteiger partial charge in [0.1, 0.15) is 0 Å². The monoisotopic (exact) mass is 316 g/mol. The van der Waals surface area contributed by atoms with Crippen LogP contribution in [0.3, 0.4) is 0 Å². The second-order valence-electron chi connectivity index (χ2n) is 5.46. The summed E-state index contributed by atoms with van der Waals surface area (Å²) < 4.78 is 13.7. The highest BCUT2D eigenvalue weighted by atomic mass is 31.2. The summed E-state index contributed by atoms with van der Waals surface area (Å²) in [5, 5.41) is 2.50. The van der Waals surface area contributed by atoms with Gasteiger partial charge >= 0.3 is 0 Å². The van der Waals surface area contributed by atoms with E-state index < -0.39 is 7.14 Å². The molecule has 4 nitrogen and oxygen atoms in total. The summed E-state index contributed by atoms with van der Waals surface area (Å²) in [6.45, 7) is 3.65. The first-order valence-corrected chi connectivity index (χ1v) is 9.11. The normalized spacial score (nSPS) is 11.5. The van der Waals surface area contributed by atoms with Gasteiger partial charge in [-0.15, -0.1) is 0 Å². The molecule has 0 radical (unpaired) electrons. The largest absolute Gasteiger partial charge is 0.313 e. The van der Waals surface area contributed by atoms with Crippen molar-refractivity contribution in [2.45, 2.75) is 19.9 Å². The quantitative estimate of drug-likeness (QED) is 0.398. The molecule has 0 saturated heterocycles. The molecule has 116 valence electrons. The maximum absolute atomic E-state index is 13.7. The van der Waals surface area contributed by atoms with E-state index in [-0.39, 0.29) is 18.1 Å². The summed E-state index contributed by atoms with van der Waals surface area (Å²) in [6, 6.07) is 18.1. The Hall–Kier alpha value is -1.90. The fourth-order valence-electron chi connectivity index (χ4n) is 2.23. The Bertz CT molecular complexity index is 628. The highest BCUT2D eigenvalue weighted by Gasteiger charge is 2.32. The van der Waals surface area contributed by atoms with Crippen LogP contribution in [0.1, 0.15) is 13.8 Å². The number of benzene rings is 2. The van der Waals surface area contributed by atoms with Gasteiger partial charge in [0, 0.05) is 16.7 Å². The molecular formula is C17H21N2O2P. The number of hydrazine groups is 1. The summed E-state index contributed by atoms with van der Waals surface area (Å²) >= 11 is 0. The van der Waals surface area contributed by atoms with E-state index in [0.29, 0.717) is 10.6 Å². The Kier molecular flexibility index (Phi) is 5.17. The highest BCUT2D eigenvalue weighted by molar-refractivity contribution is 7.79. The van der Waals surface area contributed by atoms with E-state index in [2.05, 4.69) is 0 Å². The van der Waals surface area contributed by atoms with Gasteiger partial charge in [0.15, 0.2) is 7.14 Å².